The number of nitrogens with one attached hydrogen (secondary N) is 2. The Morgan fingerprint density at radius 2 is 1.76 bits per heavy atom. The van der Waals surface area contributed by atoms with E-state index in [4.69, 9.17) is 9.47 Å². The Morgan fingerprint density at radius 3 is 2.45 bits per heavy atom. The molecule has 7 nitrogen and oxygen atoms in total. The maximum atomic E-state index is 12.3. The normalized spacial score (nSPS) is 10.1. The molecule has 29 heavy (non-hydrogen) atoms. The highest BCUT2D eigenvalue weighted by atomic mass is 16.7. The third kappa shape index (κ3) is 7.65. The van der Waals surface area contributed by atoms with E-state index in [1.807, 2.05) is 31.2 Å². The van der Waals surface area contributed by atoms with Crippen molar-refractivity contribution in [2.75, 3.05) is 11.9 Å². The second-order valence-corrected chi connectivity index (χ2v) is 6.34. The first kappa shape index (κ1) is 21.9. The topological polar surface area (TPSA) is 93.7 Å². The SMILES string of the molecule is CCCCC(=O)Nc1cccc(CNC(=O)c2ccc(OC(=O)OCC)cc2)c1. The van der Waals surface area contributed by atoms with E-state index in [0.29, 0.717) is 30.0 Å². The average Bonchev–Trinajstić information content (AvgIpc) is 2.71. The monoisotopic (exact) mass is 398 g/mol. The molecule has 2 rings (SSSR count). The van der Waals surface area contributed by atoms with Crippen LogP contribution in [0.25, 0.3) is 0 Å². The van der Waals surface area contributed by atoms with Gasteiger partial charge in [0.15, 0.2) is 0 Å². The summed E-state index contributed by atoms with van der Waals surface area (Å²) in [5.41, 5.74) is 2.01. The molecule has 0 fully saturated rings. The molecule has 0 atom stereocenters. The van der Waals surface area contributed by atoms with Gasteiger partial charge >= 0.3 is 6.16 Å². The highest BCUT2D eigenvalue weighted by molar-refractivity contribution is 5.94. The zero-order chi connectivity index (χ0) is 21.1. The van der Waals surface area contributed by atoms with Crippen LogP contribution in [0, 0.1) is 0 Å². The summed E-state index contributed by atoms with van der Waals surface area (Å²) in [7, 11) is 0. The Bertz CT molecular complexity index is 833. The molecule has 0 saturated carbocycles. The van der Waals surface area contributed by atoms with E-state index in [1.165, 1.54) is 12.1 Å². The van der Waals surface area contributed by atoms with Crippen molar-refractivity contribution in [2.24, 2.45) is 0 Å². The van der Waals surface area contributed by atoms with Crippen LogP contribution in [-0.2, 0) is 16.1 Å². The predicted octanol–water partition coefficient (Wildman–Crippen LogP) is 4.28. The molecule has 0 saturated heterocycles. The Kier molecular flexibility index (Phi) is 8.69. The van der Waals surface area contributed by atoms with Gasteiger partial charge in [0.2, 0.25) is 5.91 Å². The van der Waals surface area contributed by atoms with Gasteiger partial charge in [0, 0.05) is 24.2 Å². The molecule has 0 unspecified atom stereocenters. The number of carbonyl (C=O) groups is 3. The minimum atomic E-state index is -0.786. The van der Waals surface area contributed by atoms with Gasteiger partial charge in [-0.15, -0.1) is 0 Å². The maximum Gasteiger partial charge on any atom is 0.513 e. The van der Waals surface area contributed by atoms with E-state index in [1.54, 1.807) is 19.1 Å². The van der Waals surface area contributed by atoms with Crippen molar-refractivity contribution in [2.45, 2.75) is 39.7 Å². The number of amides is 2. The number of ether oxygens (including phenoxy) is 2. The number of rotatable bonds is 9. The molecule has 0 aromatic heterocycles. The second-order valence-electron chi connectivity index (χ2n) is 6.34. The molecule has 0 heterocycles. The van der Waals surface area contributed by atoms with Crippen molar-refractivity contribution in [3.8, 4) is 5.75 Å². The molecule has 0 aliphatic carbocycles. The van der Waals surface area contributed by atoms with E-state index < -0.39 is 6.16 Å². The van der Waals surface area contributed by atoms with Crippen molar-refractivity contribution in [3.05, 3.63) is 59.7 Å². The van der Waals surface area contributed by atoms with E-state index in [9.17, 15) is 14.4 Å². The average molecular weight is 398 g/mol. The molecule has 154 valence electrons. The molecular weight excluding hydrogens is 372 g/mol. The fraction of sp³-hybridized carbons (Fsp3) is 0.318. The van der Waals surface area contributed by atoms with Gasteiger partial charge in [0.1, 0.15) is 5.75 Å². The molecule has 0 radical (unpaired) electrons. The quantitative estimate of drug-likeness (QED) is 0.486. The van der Waals surface area contributed by atoms with Gasteiger partial charge in [-0.3, -0.25) is 9.59 Å². The zero-order valence-corrected chi connectivity index (χ0v) is 16.7. The second kappa shape index (κ2) is 11.5. The largest absolute Gasteiger partial charge is 0.513 e. The molecule has 2 amide bonds. The lowest BCUT2D eigenvalue weighted by molar-refractivity contribution is -0.116. The highest BCUT2D eigenvalue weighted by Crippen LogP contribution is 2.14. The van der Waals surface area contributed by atoms with Crippen LogP contribution in [0.2, 0.25) is 0 Å². The van der Waals surface area contributed by atoms with E-state index in [0.717, 1.165) is 18.4 Å². The van der Waals surface area contributed by atoms with Gasteiger partial charge in [0.05, 0.1) is 6.61 Å². The van der Waals surface area contributed by atoms with Crippen LogP contribution in [0.3, 0.4) is 0 Å². The van der Waals surface area contributed by atoms with Crippen LogP contribution >= 0.6 is 0 Å². The van der Waals surface area contributed by atoms with Crippen molar-refractivity contribution in [1.29, 1.82) is 0 Å². The van der Waals surface area contributed by atoms with Crippen LogP contribution in [0.5, 0.6) is 5.75 Å². The summed E-state index contributed by atoms with van der Waals surface area (Å²) < 4.78 is 9.66. The summed E-state index contributed by atoms with van der Waals surface area (Å²) in [6.45, 7) is 4.27. The third-order valence-corrected chi connectivity index (χ3v) is 4.00. The molecule has 2 aromatic rings. The lowest BCUT2D eigenvalue weighted by atomic mass is 10.1. The van der Waals surface area contributed by atoms with Crippen molar-refractivity contribution < 1.29 is 23.9 Å². The van der Waals surface area contributed by atoms with Crippen molar-refractivity contribution in [1.82, 2.24) is 5.32 Å². The summed E-state index contributed by atoms with van der Waals surface area (Å²) in [5.74, 6) is 0.0229. The smallest absolute Gasteiger partial charge is 0.434 e. The first-order valence-corrected chi connectivity index (χ1v) is 9.63. The Balaban J connectivity index is 1.88. The zero-order valence-electron chi connectivity index (χ0n) is 16.7. The van der Waals surface area contributed by atoms with Crippen molar-refractivity contribution >= 4 is 23.7 Å². The van der Waals surface area contributed by atoms with Crippen LogP contribution in [0.4, 0.5) is 10.5 Å². The minimum Gasteiger partial charge on any atom is -0.434 e. The van der Waals surface area contributed by atoms with Gasteiger partial charge in [-0.25, -0.2) is 4.79 Å². The van der Waals surface area contributed by atoms with Crippen LogP contribution < -0.4 is 15.4 Å². The number of hydrogen-bond acceptors (Lipinski definition) is 5. The minimum absolute atomic E-state index is 0.0156. The summed E-state index contributed by atoms with van der Waals surface area (Å²) >= 11 is 0. The third-order valence-electron chi connectivity index (χ3n) is 4.00. The van der Waals surface area contributed by atoms with E-state index >= 15 is 0 Å². The lowest BCUT2D eigenvalue weighted by Crippen LogP contribution is -2.22. The summed E-state index contributed by atoms with van der Waals surface area (Å²) in [5, 5.41) is 5.69. The molecule has 7 heteroatoms. The van der Waals surface area contributed by atoms with Gasteiger partial charge in [0.25, 0.3) is 5.91 Å². The van der Waals surface area contributed by atoms with E-state index in [-0.39, 0.29) is 18.4 Å². The van der Waals surface area contributed by atoms with Crippen LogP contribution in [0.1, 0.15) is 49.0 Å². The molecule has 0 bridgehead atoms. The Morgan fingerprint density at radius 1 is 1.00 bits per heavy atom. The molecule has 2 aromatic carbocycles. The predicted molar refractivity (Wildman–Crippen MR) is 110 cm³/mol. The van der Waals surface area contributed by atoms with Crippen molar-refractivity contribution in [3.63, 3.8) is 0 Å². The molecule has 2 N–H and O–H groups in total. The molecular formula is C22H26N2O5. The van der Waals surface area contributed by atoms with Crippen LogP contribution in [0.15, 0.2) is 48.5 Å². The first-order chi connectivity index (χ1) is 14.0. The van der Waals surface area contributed by atoms with Gasteiger partial charge in [-0.1, -0.05) is 25.5 Å². The standard InChI is InChI=1S/C22H26N2O5/c1-3-5-9-20(25)24-18-8-6-7-16(14-18)15-23-21(26)17-10-12-19(13-11-17)29-22(27)28-4-2/h6-8,10-14H,3-5,9,15H2,1-2H3,(H,23,26)(H,24,25). The summed E-state index contributed by atoms with van der Waals surface area (Å²) in [6.07, 6.45) is 1.53. The lowest BCUT2D eigenvalue weighted by Gasteiger charge is -2.09. The Hall–Kier alpha value is -3.35. The molecule has 0 spiro atoms. The highest BCUT2D eigenvalue weighted by Gasteiger charge is 2.09. The van der Waals surface area contributed by atoms with Crippen LogP contribution in [-0.4, -0.2) is 24.6 Å². The molecule has 0 aliphatic heterocycles. The fourth-order valence-electron chi connectivity index (χ4n) is 2.52. The number of benzene rings is 2. The van der Waals surface area contributed by atoms with Gasteiger partial charge in [-0.2, -0.15) is 0 Å². The maximum absolute atomic E-state index is 12.3. The number of hydrogen-bond donors (Lipinski definition) is 2. The number of anilines is 1. The number of carbonyl (C=O) groups excluding carboxylic acids is 3. The fourth-order valence-corrected chi connectivity index (χ4v) is 2.52. The molecule has 0 aliphatic rings. The Labute approximate surface area is 170 Å². The van der Waals surface area contributed by atoms with Gasteiger partial charge in [-0.05, 0) is 55.3 Å². The van der Waals surface area contributed by atoms with E-state index in [2.05, 4.69) is 10.6 Å². The first-order valence-electron chi connectivity index (χ1n) is 9.63. The summed E-state index contributed by atoms with van der Waals surface area (Å²) in [6, 6.07) is 13.5. The van der Waals surface area contributed by atoms with Gasteiger partial charge < -0.3 is 20.1 Å². The number of unbranched alkanes of at least 4 members (excludes halogenated alkanes) is 1. The summed E-state index contributed by atoms with van der Waals surface area (Å²) in [4.78, 5) is 35.5.